The van der Waals surface area contributed by atoms with Crippen molar-refractivity contribution in [3.05, 3.63) is 45.7 Å². The van der Waals surface area contributed by atoms with Gasteiger partial charge in [-0.25, -0.2) is 0 Å². The van der Waals surface area contributed by atoms with Crippen LogP contribution in [-0.4, -0.2) is 14.9 Å². The number of nitrogens with zero attached hydrogens (tertiary/aromatic N) is 2. The van der Waals surface area contributed by atoms with E-state index in [1.807, 2.05) is 17.8 Å². The highest BCUT2D eigenvalue weighted by Gasteiger charge is 2.07. The van der Waals surface area contributed by atoms with E-state index in [0.29, 0.717) is 11.7 Å². The summed E-state index contributed by atoms with van der Waals surface area (Å²) in [6, 6.07) is 6.23. The van der Waals surface area contributed by atoms with Crippen LogP contribution in [0.3, 0.4) is 0 Å². The standard InChI is InChI=1S/C14H17BrN4S/c1-9-4-5-12(10(2)6-9)18-14(20)16-8-13-11(15)7-17-19(13)3/h4-7H,8H2,1-3H3,(H2,16,18,20). The minimum Gasteiger partial charge on any atom is -0.357 e. The number of hydrogen-bond donors (Lipinski definition) is 2. The summed E-state index contributed by atoms with van der Waals surface area (Å²) in [6.07, 6.45) is 1.78. The van der Waals surface area contributed by atoms with E-state index < -0.39 is 0 Å². The monoisotopic (exact) mass is 352 g/mol. The molecule has 106 valence electrons. The fourth-order valence-electron chi connectivity index (χ4n) is 1.92. The van der Waals surface area contributed by atoms with Gasteiger partial charge in [0.05, 0.1) is 22.9 Å². The van der Waals surface area contributed by atoms with E-state index in [-0.39, 0.29) is 0 Å². The summed E-state index contributed by atoms with van der Waals surface area (Å²) in [5.41, 5.74) is 4.49. The maximum Gasteiger partial charge on any atom is 0.171 e. The highest BCUT2D eigenvalue weighted by molar-refractivity contribution is 9.10. The van der Waals surface area contributed by atoms with Crippen molar-refractivity contribution in [2.75, 3.05) is 5.32 Å². The topological polar surface area (TPSA) is 41.9 Å². The first kappa shape index (κ1) is 15.0. The minimum atomic E-state index is 0.602. The molecule has 2 aromatic rings. The molecule has 4 nitrogen and oxygen atoms in total. The molecule has 0 fully saturated rings. The van der Waals surface area contributed by atoms with Gasteiger partial charge >= 0.3 is 0 Å². The number of halogens is 1. The predicted molar refractivity (Wildman–Crippen MR) is 89.9 cm³/mol. The highest BCUT2D eigenvalue weighted by Crippen LogP contribution is 2.17. The molecule has 0 aliphatic carbocycles. The lowest BCUT2D eigenvalue weighted by molar-refractivity contribution is 0.693. The quantitative estimate of drug-likeness (QED) is 0.831. The van der Waals surface area contributed by atoms with E-state index in [2.05, 4.69) is 57.6 Å². The van der Waals surface area contributed by atoms with Gasteiger partial charge in [0.2, 0.25) is 0 Å². The van der Waals surface area contributed by atoms with Crippen molar-refractivity contribution >= 4 is 38.9 Å². The Hall–Kier alpha value is -1.40. The number of nitrogens with one attached hydrogen (secondary N) is 2. The fourth-order valence-corrected chi connectivity index (χ4v) is 2.59. The molecule has 0 aliphatic rings. The van der Waals surface area contributed by atoms with Crippen molar-refractivity contribution in [3.63, 3.8) is 0 Å². The second kappa shape index (κ2) is 6.37. The molecule has 0 radical (unpaired) electrons. The van der Waals surface area contributed by atoms with Crippen LogP contribution in [0.2, 0.25) is 0 Å². The normalized spacial score (nSPS) is 10.4. The first-order chi connectivity index (χ1) is 9.47. The molecule has 6 heteroatoms. The fraction of sp³-hybridized carbons (Fsp3) is 0.286. The lowest BCUT2D eigenvalue weighted by Crippen LogP contribution is -2.29. The molecule has 0 saturated carbocycles. The maximum atomic E-state index is 5.32. The predicted octanol–water partition coefficient (Wildman–Crippen LogP) is 3.29. The average molecular weight is 353 g/mol. The summed E-state index contributed by atoms with van der Waals surface area (Å²) in [6.45, 7) is 4.76. The van der Waals surface area contributed by atoms with Crippen molar-refractivity contribution in [1.29, 1.82) is 0 Å². The zero-order valence-electron chi connectivity index (χ0n) is 11.7. The number of anilines is 1. The van der Waals surface area contributed by atoms with E-state index in [4.69, 9.17) is 12.2 Å². The molecule has 0 unspecified atom stereocenters. The molecule has 2 N–H and O–H groups in total. The SMILES string of the molecule is Cc1ccc(NC(=S)NCc2c(Br)cnn2C)c(C)c1. The van der Waals surface area contributed by atoms with E-state index in [1.54, 1.807) is 6.20 Å². The summed E-state index contributed by atoms with van der Waals surface area (Å²) in [5, 5.41) is 11.2. The van der Waals surface area contributed by atoms with Crippen LogP contribution in [0.1, 0.15) is 16.8 Å². The van der Waals surface area contributed by atoms with Crippen LogP contribution >= 0.6 is 28.1 Å². The minimum absolute atomic E-state index is 0.602. The zero-order valence-corrected chi connectivity index (χ0v) is 14.1. The van der Waals surface area contributed by atoms with Gasteiger partial charge in [-0.05, 0) is 53.6 Å². The Morgan fingerprint density at radius 2 is 2.15 bits per heavy atom. The first-order valence-electron chi connectivity index (χ1n) is 6.26. The van der Waals surface area contributed by atoms with Crippen molar-refractivity contribution in [2.24, 2.45) is 7.05 Å². The summed E-state index contributed by atoms with van der Waals surface area (Å²) in [7, 11) is 1.91. The van der Waals surface area contributed by atoms with E-state index >= 15 is 0 Å². The number of hydrogen-bond acceptors (Lipinski definition) is 2. The third-order valence-electron chi connectivity index (χ3n) is 3.06. The first-order valence-corrected chi connectivity index (χ1v) is 7.46. The molecular formula is C14H17BrN4S. The number of aromatic nitrogens is 2. The van der Waals surface area contributed by atoms with Crippen LogP contribution in [0, 0.1) is 13.8 Å². The molecule has 20 heavy (non-hydrogen) atoms. The van der Waals surface area contributed by atoms with Crippen LogP contribution in [-0.2, 0) is 13.6 Å². The number of thiocarbonyl (C=S) groups is 1. The lowest BCUT2D eigenvalue weighted by atomic mass is 10.1. The smallest absolute Gasteiger partial charge is 0.171 e. The van der Waals surface area contributed by atoms with E-state index in [0.717, 1.165) is 15.9 Å². The molecule has 2 rings (SSSR count). The molecule has 1 heterocycles. The van der Waals surface area contributed by atoms with Gasteiger partial charge < -0.3 is 10.6 Å². The highest BCUT2D eigenvalue weighted by atomic mass is 79.9. The second-order valence-electron chi connectivity index (χ2n) is 4.69. The lowest BCUT2D eigenvalue weighted by Gasteiger charge is -2.13. The van der Waals surface area contributed by atoms with Crippen molar-refractivity contribution in [3.8, 4) is 0 Å². The molecule has 0 aliphatic heterocycles. The number of aryl methyl sites for hydroxylation is 3. The van der Waals surface area contributed by atoms with Gasteiger partial charge in [0.25, 0.3) is 0 Å². The zero-order chi connectivity index (χ0) is 14.7. The van der Waals surface area contributed by atoms with Gasteiger partial charge in [0, 0.05) is 12.7 Å². The molecular weight excluding hydrogens is 336 g/mol. The van der Waals surface area contributed by atoms with Gasteiger partial charge in [-0.1, -0.05) is 17.7 Å². The van der Waals surface area contributed by atoms with E-state index in [9.17, 15) is 0 Å². The van der Waals surface area contributed by atoms with Gasteiger partial charge in [-0.3, -0.25) is 4.68 Å². The average Bonchev–Trinajstić information content (AvgIpc) is 2.70. The Morgan fingerprint density at radius 3 is 2.75 bits per heavy atom. The molecule has 0 spiro atoms. The maximum absolute atomic E-state index is 5.32. The Balaban J connectivity index is 1.96. The Bertz CT molecular complexity index is 617. The van der Waals surface area contributed by atoms with Gasteiger partial charge in [-0.15, -0.1) is 0 Å². The van der Waals surface area contributed by atoms with Crippen LogP contribution in [0.5, 0.6) is 0 Å². The molecule has 0 amide bonds. The van der Waals surface area contributed by atoms with Crippen molar-refractivity contribution in [2.45, 2.75) is 20.4 Å². The van der Waals surface area contributed by atoms with Crippen LogP contribution in [0.25, 0.3) is 0 Å². The second-order valence-corrected chi connectivity index (χ2v) is 5.95. The molecule has 1 aromatic carbocycles. The third kappa shape index (κ3) is 3.58. The Morgan fingerprint density at radius 1 is 1.40 bits per heavy atom. The van der Waals surface area contributed by atoms with Crippen molar-refractivity contribution in [1.82, 2.24) is 15.1 Å². The number of benzene rings is 1. The van der Waals surface area contributed by atoms with Crippen LogP contribution in [0.15, 0.2) is 28.9 Å². The molecule has 0 saturated heterocycles. The molecule has 0 atom stereocenters. The molecule has 0 bridgehead atoms. The summed E-state index contributed by atoms with van der Waals surface area (Å²) in [4.78, 5) is 0. The molecule has 1 aromatic heterocycles. The van der Waals surface area contributed by atoms with Crippen molar-refractivity contribution < 1.29 is 0 Å². The van der Waals surface area contributed by atoms with Gasteiger partial charge in [0.1, 0.15) is 0 Å². The Kier molecular flexibility index (Phi) is 4.77. The Labute approximate surface area is 132 Å². The largest absolute Gasteiger partial charge is 0.357 e. The third-order valence-corrected chi connectivity index (χ3v) is 3.97. The van der Waals surface area contributed by atoms with Gasteiger partial charge in [-0.2, -0.15) is 5.10 Å². The van der Waals surface area contributed by atoms with E-state index in [1.165, 1.54) is 11.1 Å². The summed E-state index contributed by atoms with van der Waals surface area (Å²) in [5.74, 6) is 0. The summed E-state index contributed by atoms with van der Waals surface area (Å²) < 4.78 is 2.79. The van der Waals surface area contributed by atoms with Crippen LogP contribution < -0.4 is 10.6 Å². The summed E-state index contributed by atoms with van der Waals surface area (Å²) >= 11 is 8.79. The van der Waals surface area contributed by atoms with Gasteiger partial charge in [0.15, 0.2) is 5.11 Å². The number of rotatable bonds is 3. The van der Waals surface area contributed by atoms with Crippen LogP contribution in [0.4, 0.5) is 5.69 Å².